The van der Waals surface area contributed by atoms with Gasteiger partial charge in [0.2, 0.25) is 0 Å². The molecule has 0 aliphatic rings. The van der Waals surface area contributed by atoms with Crippen LogP contribution in [0.2, 0.25) is 0 Å². The van der Waals surface area contributed by atoms with Crippen LogP contribution in [-0.2, 0) is 0 Å². The summed E-state index contributed by atoms with van der Waals surface area (Å²) in [5.41, 5.74) is 1.39. The standard InChI is InChI=1S/C15H15NO5/c17-9-13(18)10-21-15-7-6-12(8-14(15)16(19)20)11-4-2-1-3-5-11/h1-8,13,17-18H,9-10H2. The van der Waals surface area contributed by atoms with E-state index >= 15 is 0 Å². The van der Waals surface area contributed by atoms with Crippen LogP contribution in [0, 0.1) is 10.1 Å². The molecule has 0 aliphatic carbocycles. The fourth-order valence-electron chi connectivity index (χ4n) is 1.83. The third-order valence-corrected chi connectivity index (χ3v) is 2.90. The fourth-order valence-corrected chi connectivity index (χ4v) is 1.83. The molecular weight excluding hydrogens is 274 g/mol. The molecule has 0 heterocycles. The third-order valence-electron chi connectivity index (χ3n) is 2.90. The Morgan fingerprint density at radius 1 is 1.14 bits per heavy atom. The van der Waals surface area contributed by atoms with Gasteiger partial charge in [-0.2, -0.15) is 0 Å². The maximum Gasteiger partial charge on any atom is 0.311 e. The molecular formula is C15H15NO5. The van der Waals surface area contributed by atoms with Gasteiger partial charge in [0, 0.05) is 6.07 Å². The summed E-state index contributed by atoms with van der Waals surface area (Å²) in [6.45, 7) is -0.669. The monoisotopic (exact) mass is 289 g/mol. The molecule has 0 aromatic heterocycles. The summed E-state index contributed by atoms with van der Waals surface area (Å²) in [6.07, 6.45) is -1.07. The second-order valence-electron chi connectivity index (χ2n) is 4.45. The van der Waals surface area contributed by atoms with Crippen molar-refractivity contribution in [1.29, 1.82) is 0 Å². The van der Waals surface area contributed by atoms with Crippen LogP contribution in [-0.4, -0.2) is 34.5 Å². The van der Waals surface area contributed by atoms with E-state index in [1.54, 1.807) is 6.07 Å². The Bertz CT molecular complexity index is 615. The molecule has 0 fully saturated rings. The molecule has 0 spiro atoms. The Kier molecular flexibility index (Phi) is 4.86. The van der Waals surface area contributed by atoms with Gasteiger partial charge >= 0.3 is 5.69 Å². The number of nitro benzene ring substituents is 1. The highest BCUT2D eigenvalue weighted by molar-refractivity contribution is 5.68. The Labute approximate surface area is 121 Å². The quantitative estimate of drug-likeness (QED) is 0.626. The SMILES string of the molecule is O=[N+]([O-])c1cc(-c2ccccc2)ccc1OCC(O)CO. The van der Waals surface area contributed by atoms with E-state index in [0.29, 0.717) is 5.56 Å². The number of rotatable bonds is 6. The molecule has 0 saturated carbocycles. The van der Waals surface area contributed by atoms with Gasteiger partial charge in [-0.15, -0.1) is 0 Å². The molecule has 110 valence electrons. The van der Waals surface area contributed by atoms with E-state index in [4.69, 9.17) is 9.84 Å². The first-order valence-corrected chi connectivity index (χ1v) is 6.37. The molecule has 0 radical (unpaired) electrons. The Balaban J connectivity index is 2.29. The lowest BCUT2D eigenvalue weighted by Gasteiger charge is -2.11. The molecule has 0 bridgehead atoms. The first kappa shape index (κ1) is 15.0. The Morgan fingerprint density at radius 2 is 1.86 bits per heavy atom. The highest BCUT2D eigenvalue weighted by atomic mass is 16.6. The van der Waals surface area contributed by atoms with Crippen molar-refractivity contribution in [3.63, 3.8) is 0 Å². The van der Waals surface area contributed by atoms with E-state index in [1.807, 2.05) is 30.3 Å². The van der Waals surface area contributed by atoms with E-state index in [0.717, 1.165) is 5.56 Å². The van der Waals surface area contributed by atoms with Crippen LogP contribution in [0.1, 0.15) is 0 Å². The second-order valence-corrected chi connectivity index (χ2v) is 4.45. The topological polar surface area (TPSA) is 92.8 Å². The summed E-state index contributed by atoms with van der Waals surface area (Å²) in [5.74, 6) is 0.0622. The molecule has 0 saturated heterocycles. The minimum Gasteiger partial charge on any atom is -0.484 e. The minimum absolute atomic E-state index is 0.0622. The average molecular weight is 289 g/mol. The predicted molar refractivity (Wildman–Crippen MR) is 77.1 cm³/mol. The maximum atomic E-state index is 11.1. The Hall–Kier alpha value is -2.44. The van der Waals surface area contributed by atoms with Gasteiger partial charge in [0.25, 0.3) is 0 Å². The molecule has 2 aromatic rings. The number of nitro groups is 1. The van der Waals surface area contributed by atoms with Crippen molar-refractivity contribution in [3.8, 4) is 16.9 Å². The fraction of sp³-hybridized carbons (Fsp3) is 0.200. The lowest BCUT2D eigenvalue weighted by molar-refractivity contribution is -0.385. The van der Waals surface area contributed by atoms with Crippen molar-refractivity contribution in [2.75, 3.05) is 13.2 Å². The summed E-state index contributed by atoms with van der Waals surface area (Å²) >= 11 is 0. The summed E-state index contributed by atoms with van der Waals surface area (Å²) in [6, 6.07) is 13.9. The molecule has 0 aliphatic heterocycles. The van der Waals surface area contributed by atoms with E-state index in [9.17, 15) is 15.2 Å². The molecule has 1 unspecified atom stereocenters. The number of aliphatic hydroxyl groups excluding tert-OH is 2. The summed E-state index contributed by atoms with van der Waals surface area (Å²) in [5, 5.41) is 29.1. The average Bonchev–Trinajstić information content (AvgIpc) is 2.53. The van der Waals surface area contributed by atoms with E-state index < -0.39 is 17.6 Å². The highest BCUT2D eigenvalue weighted by Crippen LogP contribution is 2.32. The normalized spacial score (nSPS) is 11.9. The largest absolute Gasteiger partial charge is 0.484 e. The van der Waals surface area contributed by atoms with Gasteiger partial charge < -0.3 is 14.9 Å². The summed E-state index contributed by atoms with van der Waals surface area (Å²) in [7, 11) is 0. The molecule has 1 atom stereocenters. The van der Waals surface area contributed by atoms with E-state index in [-0.39, 0.29) is 18.0 Å². The Morgan fingerprint density at radius 3 is 2.48 bits per heavy atom. The maximum absolute atomic E-state index is 11.1. The van der Waals surface area contributed by atoms with Crippen molar-refractivity contribution in [2.45, 2.75) is 6.10 Å². The number of ether oxygens (including phenoxy) is 1. The summed E-state index contributed by atoms with van der Waals surface area (Å²) in [4.78, 5) is 10.6. The van der Waals surface area contributed by atoms with Crippen molar-refractivity contribution in [2.24, 2.45) is 0 Å². The van der Waals surface area contributed by atoms with Gasteiger partial charge in [-0.3, -0.25) is 10.1 Å². The van der Waals surface area contributed by atoms with Crippen molar-refractivity contribution >= 4 is 5.69 Å². The number of hydrogen-bond acceptors (Lipinski definition) is 5. The van der Waals surface area contributed by atoms with Crippen molar-refractivity contribution in [3.05, 3.63) is 58.6 Å². The highest BCUT2D eigenvalue weighted by Gasteiger charge is 2.17. The van der Waals surface area contributed by atoms with Gasteiger partial charge in [0.05, 0.1) is 11.5 Å². The smallest absolute Gasteiger partial charge is 0.311 e. The minimum atomic E-state index is -1.07. The zero-order valence-corrected chi connectivity index (χ0v) is 11.2. The number of aliphatic hydroxyl groups is 2. The van der Waals surface area contributed by atoms with Crippen molar-refractivity contribution in [1.82, 2.24) is 0 Å². The van der Waals surface area contributed by atoms with Gasteiger partial charge in [0.15, 0.2) is 5.75 Å². The lowest BCUT2D eigenvalue weighted by atomic mass is 10.0. The van der Waals surface area contributed by atoms with E-state index in [2.05, 4.69) is 0 Å². The summed E-state index contributed by atoms with van der Waals surface area (Å²) < 4.78 is 5.19. The molecule has 0 amide bonds. The lowest BCUT2D eigenvalue weighted by Crippen LogP contribution is -2.21. The van der Waals surface area contributed by atoms with Crippen LogP contribution in [0.4, 0.5) is 5.69 Å². The van der Waals surface area contributed by atoms with Gasteiger partial charge in [0.1, 0.15) is 12.7 Å². The van der Waals surface area contributed by atoms with Gasteiger partial charge in [-0.05, 0) is 17.2 Å². The molecule has 6 heteroatoms. The van der Waals surface area contributed by atoms with E-state index in [1.165, 1.54) is 12.1 Å². The second kappa shape index (κ2) is 6.83. The number of hydrogen-bond donors (Lipinski definition) is 2. The van der Waals surface area contributed by atoms with Crippen LogP contribution in [0.25, 0.3) is 11.1 Å². The van der Waals surface area contributed by atoms with Crippen molar-refractivity contribution < 1.29 is 19.9 Å². The van der Waals surface area contributed by atoms with Crippen LogP contribution in [0.5, 0.6) is 5.75 Å². The molecule has 21 heavy (non-hydrogen) atoms. The van der Waals surface area contributed by atoms with Crippen LogP contribution in [0.3, 0.4) is 0 Å². The first-order valence-electron chi connectivity index (χ1n) is 6.37. The van der Waals surface area contributed by atoms with Gasteiger partial charge in [-0.1, -0.05) is 36.4 Å². The van der Waals surface area contributed by atoms with Gasteiger partial charge in [-0.25, -0.2) is 0 Å². The molecule has 2 rings (SSSR count). The zero-order chi connectivity index (χ0) is 15.2. The van der Waals surface area contributed by atoms with Crippen LogP contribution in [0.15, 0.2) is 48.5 Å². The zero-order valence-electron chi connectivity index (χ0n) is 11.2. The third kappa shape index (κ3) is 3.77. The molecule has 2 aromatic carbocycles. The molecule has 6 nitrogen and oxygen atoms in total. The first-order chi connectivity index (χ1) is 10.1. The predicted octanol–water partition coefficient (Wildman–Crippen LogP) is 1.99. The van der Waals surface area contributed by atoms with Crippen LogP contribution < -0.4 is 4.74 Å². The van der Waals surface area contributed by atoms with Crippen LogP contribution >= 0.6 is 0 Å². The number of benzene rings is 2. The number of nitrogens with zero attached hydrogens (tertiary/aromatic N) is 1. The molecule has 2 N–H and O–H groups in total.